The van der Waals surface area contributed by atoms with Gasteiger partial charge < -0.3 is 14.9 Å². The zero-order chi connectivity index (χ0) is 16.7. The number of aromatic nitrogens is 2. The largest absolute Gasteiger partial charge is 0.489 e. The first-order valence-electron chi connectivity index (χ1n) is 7.47. The van der Waals surface area contributed by atoms with Gasteiger partial charge in [-0.2, -0.15) is 5.10 Å². The molecule has 0 aliphatic heterocycles. The summed E-state index contributed by atoms with van der Waals surface area (Å²) < 4.78 is 7.63. The van der Waals surface area contributed by atoms with E-state index in [-0.39, 0.29) is 0 Å². The first kappa shape index (κ1) is 17.0. The number of aliphatic hydroxyl groups is 2. The number of hydrogen-bond acceptors (Lipinski definition) is 4. The summed E-state index contributed by atoms with van der Waals surface area (Å²) in [6.07, 6.45) is 1.38. The molecule has 0 amide bonds. The average molecular weight is 314 g/mol. The van der Waals surface area contributed by atoms with Crippen molar-refractivity contribution in [1.29, 1.82) is 0 Å². The molecule has 1 heterocycles. The van der Waals surface area contributed by atoms with Crippen molar-refractivity contribution in [1.82, 2.24) is 9.78 Å². The minimum Gasteiger partial charge on any atom is -0.489 e. The molecule has 122 valence electrons. The molecule has 0 spiro atoms. The maximum atomic E-state index is 9.51. The second-order valence-corrected chi connectivity index (χ2v) is 5.17. The molecule has 0 aliphatic carbocycles. The first-order valence-corrected chi connectivity index (χ1v) is 7.47. The number of rotatable bonds is 5. The van der Waals surface area contributed by atoms with Crippen molar-refractivity contribution in [3.63, 3.8) is 0 Å². The minimum absolute atomic E-state index is 0.429. The molecule has 5 nitrogen and oxygen atoms in total. The molecule has 2 N–H and O–H groups in total. The van der Waals surface area contributed by atoms with E-state index in [4.69, 9.17) is 9.84 Å². The standard InChI is InChI=1S/C17H18N2O2.CH4O/c1-13(20)11-19-17-9-16(8-7-15(17)10-18-19)21-12-14-5-3-2-4-6-14;1-2/h2-10,13,20H,11-12H2,1H3;2H,1H3. The number of ether oxygens (including phenoxy) is 1. The predicted molar refractivity (Wildman–Crippen MR) is 90.3 cm³/mol. The lowest BCUT2D eigenvalue weighted by Crippen LogP contribution is -2.12. The van der Waals surface area contributed by atoms with Crippen molar-refractivity contribution in [3.05, 3.63) is 60.3 Å². The Morgan fingerprint density at radius 2 is 1.87 bits per heavy atom. The van der Waals surface area contributed by atoms with Crippen molar-refractivity contribution in [2.75, 3.05) is 7.11 Å². The molecular formula is C18H22N2O3. The summed E-state index contributed by atoms with van der Waals surface area (Å²) in [6.45, 7) is 2.77. The van der Waals surface area contributed by atoms with Gasteiger partial charge in [-0.15, -0.1) is 0 Å². The lowest BCUT2D eigenvalue weighted by molar-refractivity contribution is 0.170. The van der Waals surface area contributed by atoms with Gasteiger partial charge in [0.05, 0.1) is 24.4 Å². The number of aliphatic hydroxyl groups excluding tert-OH is 2. The lowest BCUT2D eigenvalue weighted by Gasteiger charge is -2.09. The molecule has 0 bridgehead atoms. The highest BCUT2D eigenvalue weighted by molar-refractivity contribution is 5.80. The maximum absolute atomic E-state index is 9.51. The van der Waals surface area contributed by atoms with Crippen LogP contribution in [0.2, 0.25) is 0 Å². The quantitative estimate of drug-likeness (QED) is 0.759. The Bertz CT molecular complexity index is 723. The van der Waals surface area contributed by atoms with Crippen LogP contribution < -0.4 is 4.74 Å². The van der Waals surface area contributed by atoms with Crippen LogP contribution in [0, 0.1) is 0 Å². The fourth-order valence-corrected chi connectivity index (χ4v) is 2.28. The van der Waals surface area contributed by atoms with Crippen LogP contribution in [0.5, 0.6) is 5.75 Å². The predicted octanol–water partition coefficient (Wildman–Crippen LogP) is 2.60. The van der Waals surface area contributed by atoms with Crippen molar-refractivity contribution in [2.45, 2.75) is 26.2 Å². The van der Waals surface area contributed by atoms with Crippen LogP contribution >= 0.6 is 0 Å². The van der Waals surface area contributed by atoms with Gasteiger partial charge in [0.25, 0.3) is 0 Å². The maximum Gasteiger partial charge on any atom is 0.121 e. The van der Waals surface area contributed by atoms with Crippen LogP contribution in [0.1, 0.15) is 12.5 Å². The molecular weight excluding hydrogens is 292 g/mol. The van der Waals surface area contributed by atoms with Crippen LogP contribution in [0.15, 0.2) is 54.7 Å². The second-order valence-electron chi connectivity index (χ2n) is 5.17. The summed E-state index contributed by atoms with van der Waals surface area (Å²) in [6, 6.07) is 16.0. The number of hydrogen-bond donors (Lipinski definition) is 2. The van der Waals surface area contributed by atoms with Crippen LogP contribution in [-0.4, -0.2) is 33.2 Å². The molecule has 0 radical (unpaired) electrons. The van der Waals surface area contributed by atoms with Gasteiger partial charge in [-0.3, -0.25) is 4.68 Å². The second kappa shape index (κ2) is 8.31. The molecule has 2 aromatic carbocycles. The van der Waals surface area contributed by atoms with Gasteiger partial charge in [0, 0.05) is 18.6 Å². The smallest absolute Gasteiger partial charge is 0.121 e. The molecule has 1 atom stereocenters. The van der Waals surface area contributed by atoms with E-state index < -0.39 is 6.10 Å². The summed E-state index contributed by atoms with van der Waals surface area (Å²) in [7, 11) is 1.00. The average Bonchev–Trinajstić information content (AvgIpc) is 2.97. The van der Waals surface area contributed by atoms with E-state index in [1.54, 1.807) is 17.8 Å². The van der Waals surface area contributed by atoms with E-state index >= 15 is 0 Å². The molecule has 3 aromatic rings. The molecule has 0 fully saturated rings. The molecule has 0 saturated carbocycles. The Kier molecular flexibility index (Phi) is 6.14. The Balaban J connectivity index is 0.000000924. The third-order valence-electron chi connectivity index (χ3n) is 3.30. The molecule has 1 unspecified atom stereocenters. The molecule has 5 heteroatoms. The molecule has 0 aliphatic rings. The SMILES string of the molecule is CC(O)Cn1ncc2ccc(OCc3ccccc3)cc21.CO. The van der Waals surface area contributed by atoms with Gasteiger partial charge in [-0.05, 0) is 24.6 Å². The highest BCUT2D eigenvalue weighted by Gasteiger charge is 2.07. The molecule has 23 heavy (non-hydrogen) atoms. The molecule has 0 saturated heterocycles. The van der Waals surface area contributed by atoms with Crippen LogP contribution in [0.25, 0.3) is 10.9 Å². The Morgan fingerprint density at radius 3 is 2.57 bits per heavy atom. The third-order valence-corrected chi connectivity index (χ3v) is 3.30. The van der Waals surface area contributed by atoms with Crippen LogP contribution in [-0.2, 0) is 13.2 Å². The van der Waals surface area contributed by atoms with Crippen LogP contribution in [0.3, 0.4) is 0 Å². The monoisotopic (exact) mass is 314 g/mol. The van der Waals surface area contributed by atoms with Gasteiger partial charge in [0.15, 0.2) is 0 Å². The highest BCUT2D eigenvalue weighted by atomic mass is 16.5. The molecule has 3 rings (SSSR count). The zero-order valence-electron chi connectivity index (χ0n) is 13.4. The Morgan fingerprint density at radius 1 is 1.13 bits per heavy atom. The van der Waals surface area contributed by atoms with E-state index in [0.717, 1.165) is 29.3 Å². The van der Waals surface area contributed by atoms with Crippen molar-refractivity contribution >= 4 is 10.9 Å². The Hall–Kier alpha value is -2.37. The summed E-state index contributed by atoms with van der Waals surface area (Å²) in [5.74, 6) is 0.804. The fourth-order valence-electron chi connectivity index (χ4n) is 2.28. The molecule has 1 aromatic heterocycles. The summed E-state index contributed by atoms with van der Waals surface area (Å²) in [5, 5.41) is 21.9. The first-order chi connectivity index (χ1) is 11.2. The number of fused-ring (bicyclic) bond motifs is 1. The van der Waals surface area contributed by atoms with Crippen LogP contribution in [0.4, 0.5) is 0 Å². The van der Waals surface area contributed by atoms with E-state index in [9.17, 15) is 5.11 Å². The summed E-state index contributed by atoms with van der Waals surface area (Å²) in [5.41, 5.74) is 2.11. The van der Waals surface area contributed by atoms with Gasteiger partial charge >= 0.3 is 0 Å². The van der Waals surface area contributed by atoms with E-state index in [1.165, 1.54) is 0 Å². The van der Waals surface area contributed by atoms with Crippen molar-refractivity contribution < 1.29 is 14.9 Å². The van der Waals surface area contributed by atoms with Gasteiger partial charge in [0.1, 0.15) is 12.4 Å². The van der Waals surface area contributed by atoms with Gasteiger partial charge in [0.2, 0.25) is 0 Å². The van der Waals surface area contributed by atoms with Gasteiger partial charge in [-0.1, -0.05) is 30.3 Å². The lowest BCUT2D eigenvalue weighted by atomic mass is 10.2. The summed E-state index contributed by atoms with van der Waals surface area (Å²) in [4.78, 5) is 0. The van der Waals surface area contributed by atoms with E-state index in [2.05, 4.69) is 5.10 Å². The zero-order valence-corrected chi connectivity index (χ0v) is 13.4. The number of nitrogens with zero attached hydrogens (tertiary/aromatic N) is 2. The minimum atomic E-state index is -0.429. The van der Waals surface area contributed by atoms with E-state index in [1.807, 2.05) is 48.5 Å². The summed E-state index contributed by atoms with van der Waals surface area (Å²) >= 11 is 0. The fraction of sp³-hybridized carbons (Fsp3) is 0.278. The van der Waals surface area contributed by atoms with Crippen molar-refractivity contribution in [3.8, 4) is 5.75 Å². The number of benzene rings is 2. The van der Waals surface area contributed by atoms with E-state index in [0.29, 0.717) is 13.2 Å². The van der Waals surface area contributed by atoms with Crippen molar-refractivity contribution in [2.24, 2.45) is 0 Å². The topological polar surface area (TPSA) is 67.5 Å². The highest BCUT2D eigenvalue weighted by Crippen LogP contribution is 2.21. The normalized spacial score (nSPS) is 11.7. The Labute approximate surface area is 135 Å². The van der Waals surface area contributed by atoms with Gasteiger partial charge in [-0.25, -0.2) is 0 Å². The third kappa shape index (κ3) is 4.55.